The summed E-state index contributed by atoms with van der Waals surface area (Å²) in [5.74, 6) is 2.88. The van der Waals surface area contributed by atoms with Crippen molar-refractivity contribution in [3.05, 3.63) is 35.0 Å². The van der Waals surface area contributed by atoms with Crippen molar-refractivity contribution < 1.29 is 0 Å². The van der Waals surface area contributed by atoms with Gasteiger partial charge < -0.3 is 0 Å². The second-order valence-electron chi connectivity index (χ2n) is 3.74. The van der Waals surface area contributed by atoms with Gasteiger partial charge in [0, 0.05) is 12.1 Å². The molecular formula is C11H13ClN4. The van der Waals surface area contributed by atoms with Crippen LogP contribution in [0.15, 0.2) is 12.3 Å². The number of nitrogens with zero attached hydrogens (tertiary/aromatic N) is 4. The van der Waals surface area contributed by atoms with E-state index >= 15 is 0 Å². The van der Waals surface area contributed by atoms with Crippen LogP contribution in [0.4, 0.5) is 0 Å². The molecule has 4 nitrogen and oxygen atoms in total. The molecule has 0 saturated carbocycles. The van der Waals surface area contributed by atoms with Gasteiger partial charge in [0.25, 0.3) is 0 Å². The molecule has 0 saturated heterocycles. The number of hydrogen-bond acceptors (Lipinski definition) is 3. The molecule has 2 aromatic heterocycles. The van der Waals surface area contributed by atoms with Crippen molar-refractivity contribution in [3.63, 3.8) is 0 Å². The van der Waals surface area contributed by atoms with Crippen LogP contribution < -0.4 is 0 Å². The lowest BCUT2D eigenvalue weighted by Gasteiger charge is -2.06. The van der Waals surface area contributed by atoms with Crippen molar-refractivity contribution in [1.82, 2.24) is 19.7 Å². The molecule has 0 fully saturated rings. The minimum absolute atomic E-state index is 0.476. The molecule has 2 heterocycles. The lowest BCUT2D eigenvalue weighted by molar-refractivity contribution is 0.795. The van der Waals surface area contributed by atoms with Crippen LogP contribution in [-0.4, -0.2) is 19.7 Å². The summed E-state index contributed by atoms with van der Waals surface area (Å²) in [5.41, 5.74) is 2.06. The maximum Gasteiger partial charge on any atom is 0.158 e. The van der Waals surface area contributed by atoms with Crippen molar-refractivity contribution in [2.45, 2.75) is 26.7 Å². The zero-order valence-electron chi connectivity index (χ0n) is 9.53. The predicted octanol–water partition coefficient (Wildman–Crippen LogP) is 2.33. The molecule has 0 radical (unpaired) electrons. The maximum absolute atomic E-state index is 5.76. The van der Waals surface area contributed by atoms with E-state index in [0.717, 1.165) is 28.6 Å². The molecule has 0 bridgehead atoms. The van der Waals surface area contributed by atoms with E-state index in [9.17, 15) is 0 Å². The van der Waals surface area contributed by atoms with Gasteiger partial charge in [0.1, 0.15) is 11.6 Å². The van der Waals surface area contributed by atoms with Crippen molar-refractivity contribution in [2.75, 3.05) is 0 Å². The smallest absolute Gasteiger partial charge is 0.158 e. The van der Waals surface area contributed by atoms with Crippen molar-refractivity contribution in [1.29, 1.82) is 0 Å². The van der Waals surface area contributed by atoms with Crippen LogP contribution in [0.25, 0.3) is 5.82 Å². The first-order valence-corrected chi connectivity index (χ1v) is 5.57. The van der Waals surface area contributed by atoms with E-state index < -0.39 is 0 Å². The van der Waals surface area contributed by atoms with Crippen molar-refractivity contribution in [2.24, 2.45) is 0 Å². The summed E-state index contributed by atoms with van der Waals surface area (Å²) in [6.07, 6.45) is 1.77. The molecule has 0 unspecified atom stereocenters. The van der Waals surface area contributed by atoms with Gasteiger partial charge in [-0.15, -0.1) is 16.7 Å². The van der Waals surface area contributed by atoms with Gasteiger partial charge in [-0.2, -0.15) is 4.68 Å². The summed E-state index contributed by atoms with van der Waals surface area (Å²) in [5, 5.41) is 4.31. The number of alkyl halides is 1. The summed E-state index contributed by atoms with van der Waals surface area (Å²) >= 11 is 5.76. The monoisotopic (exact) mass is 236 g/mol. The zero-order chi connectivity index (χ0) is 11.7. The molecule has 16 heavy (non-hydrogen) atoms. The largest absolute Gasteiger partial charge is 0.236 e. The van der Waals surface area contributed by atoms with Gasteiger partial charge in [0.15, 0.2) is 5.82 Å². The molecule has 2 aromatic rings. The van der Waals surface area contributed by atoms with Crippen LogP contribution >= 0.6 is 11.6 Å². The molecule has 84 valence electrons. The second kappa shape index (κ2) is 4.22. The Balaban J connectivity index is 2.52. The van der Waals surface area contributed by atoms with Gasteiger partial charge in [-0.3, -0.25) is 0 Å². The van der Waals surface area contributed by atoms with Gasteiger partial charge in [-0.05, 0) is 38.0 Å². The molecule has 0 atom stereocenters. The SMILES string of the molecule is Cc1nc(C)n(-c2ncc(CCl)cc2C)n1. The zero-order valence-corrected chi connectivity index (χ0v) is 10.3. The Morgan fingerprint density at radius 3 is 2.56 bits per heavy atom. The molecule has 0 aliphatic rings. The summed E-state index contributed by atoms with van der Waals surface area (Å²) in [4.78, 5) is 8.63. The van der Waals surface area contributed by atoms with Gasteiger partial charge >= 0.3 is 0 Å². The Morgan fingerprint density at radius 1 is 1.31 bits per heavy atom. The Labute approximate surface area is 99.3 Å². The highest BCUT2D eigenvalue weighted by atomic mass is 35.5. The van der Waals surface area contributed by atoms with Crippen molar-refractivity contribution in [3.8, 4) is 5.82 Å². The third-order valence-electron chi connectivity index (χ3n) is 2.34. The lowest BCUT2D eigenvalue weighted by Crippen LogP contribution is -2.05. The van der Waals surface area contributed by atoms with E-state index in [-0.39, 0.29) is 0 Å². The third-order valence-corrected chi connectivity index (χ3v) is 2.65. The molecule has 5 heteroatoms. The van der Waals surface area contributed by atoms with Crippen LogP contribution in [0.1, 0.15) is 22.8 Å². The number of pyridine rings is 1. The van der Waals surface area contributed by atoms with E-state index in [0.29, 0.717) is 5.88 Å². The average Bonchev–Trinajstić information content (AvgIpc) is 2.57. The summed E-state index contributed by atoms with van der Waals surface area (Å²) < 4.78 is 1.75. The number of rotatable bonds is 2. The Kier molecular flexibility index (Phi) is 2.92. The quantitative estimate of drug-likeness (QED) is 0.752. The highest BCUT2D eigenvalue weighted by molar-refractivity contribution is 6.17. The highest BCUT2D eigenvalue weighted by Gasteiger charge is 2.09. The standard InChI is InChI=1S/C11H13ClN4/c1-7-4-10(5-12)6-13-11(7)16-9(3)14-8(2)15-16/h4,6H,5H2,1-3H3. The van der Waals surface area contributed by atoms with Gasteiger partial charge in [-0.25, -0.2) is 9.97 Å². The Bertz CT molecular complexity index is 519. The maximum atomic E-state index is 5.76. The van der Waals surface area contributed by atoms with E-state index in [4.69, 9.17) is 11.6 Å². The van der Waals surface area contributed by atoms with E-state index in [1.165, 1.54) is 0 Å². The second-order valence-corrected chi connectivity index (χ2v) is 4.00. The summed E-state index contributed by atoms with van der Waals surface area (Å²) in [7, 11) is 0. The van der Waals surface area contributed by atoms with Crippen LogP contribution in [0.3, 0.4) is 0 Å². The first kappa shape index (κ1) is 11.1. The normalized spacial score (nSPS) is 10.8. The minimum atomic E-state index is 0.476. The van der Waals surface area contributed by atoms with E-state index in [1.54, 1.807) is 10.9 Å². The fourth-order valence-corrected chi connectivity index (χ4v) is 1.79. The van der Waals surface area contributed by atoms with E-state index in [2.05, 4.69) is 15.1 Å². The molecule has 0 aliphatic carbocycles. The molecule has 0 aromatic carbocycles. The average molecular weight is 237 g/mol. The molecule has 2 rings (SSSR count). The number of hydrogen-bond donors (Lipinski definition) is 0. The third kappa shape index (κ3) is 1.93. The molecule has 0 aliphatic heterocycles. The predicted molar refractivity (Wildman–Crippen MR) is 62.9 cm³/mol. The van der Waals surface area contributed by atoms with Crippen LogP contribution in [0.2, 0.25) is 0 Å². The topological polar surface area (TPSA) is 43.6 Å². The Morgan fingerprint density at radius 2 is 2.06 bits per heavy atom. The summed E-state index contributed by atoms with van der Waals surface area (Å²) in [6.45, 7) is 5.78. The molecule has 0 N–H and O–H groups in total. The number of aryl methyl sites for hydroxylation is 3. The van der Waals surface area contributed by atoms with Crippen molar-refractivity contribution >= 4 is 11.6 Å². The number of aromatic nitrogens is 4. The van der Waals surface area contributed by atoms with Gasteiger partial charge in [0.05, 0.1) is 0 Å². The molecule has 0 amide bonds. The van der Waals surface area contributed by atoms with E-state index in [1.807, 2.05) is 26.8 Å². The first-order chi connectivity index (χ1) is 7.61. The van der Waals surface area contributed by atoms with Crippen LogP contribution in [0.5, 0.6) is 0 Å². The van der Waals surface area contributed by atoms with Gasteiger partial charge in [-0.1, -0.05) is 0 Å². The van der Waals surface area contributed by atoms with Gasteiger partial charge in [0.2, 0.25) is 0 Å². The fourth-order valence-electron chi connectivity index (χ4n) is 1.64. The van der Waals surface area contributed by atoms with Crippen LogP contribution in [-0.2, 0) is 5.88 Å². The lowest BCUT2D eigenvalue weighted by atomic mass is 10.2. The highest BCUT2D eigenvalue weighted by Crippen LogP contribution is 2.14. The minimum Gasteiger partial charge on any atom is -0.236 e. The molecular weight excluding hydrogens is 224 g/mol. The number of halogens is 1. The fraction of sp³-hybridized carbons (Fsp3) is 0.364. The summed E-state index contributed by atoms with van der Waals surface area (Å²) in [6, 6.07) is 2.02. The van der Waals surface area contributed by atoms with Crippen LogP contribution in [0, 0.1) is 20.8 Å². The molecule has 0 spiro atoms. The Hall–Kier alpha value is -1.42. The first-order valence-electron chi connectivity index (χ1n) is 5.04.